The Balaban J connectivity index is 3.14. The lowest BCUT2D eigenvalue weighted by Crippen LogP contribution is -2.28. The predicted octanol–water partition coefficient (Wildman–Crippen LogP) is 1.74. The maximum Gasteiger partial charge on any atom is 0.243 e. The molecule has 106 valence electrons. The van der Waals surface area contributed by atoms with Gasteiger partial charge in [-0.25, -0.2) is 12.8 Å². The molecule has 19 heavy (non-hydrogen) atoms. The average molecular weight is 286 g/mol. The van der Waals surface area contributed by atoms with Gasteiger partial charge in [-0.05, 0) is 32.2 Å². The van der Waals surface area contributed by atoms with Crippen molar-refractivity contribution < 1.29 is 12.8 Å². The van der Waals surface area contributed by atoms with Crippen LogP contribution in [0.4, 0.5) is 4.39 Å². The van der Waals surface area contributed by atoms with Crippen LogP contribution in [-0.2, 0) is 16.6 Å². The highest BCUT2D eigenvalue weighted by Gasteiger charge is 2.21. The summed E-state index contributed by atoms with van der Waals surface area (Å²) in [6, 6.07) is 3.81. The first kappa shape index (κ1) is 15.8. The molecule has 0 saturated heterocycles. The van der Waals surface area contributed by atoms with E-state index < -0.39 is 15.8 Å². The number of benzene rings is 1. The van der Waals surface area contributed by atoms with Gasteiger partial charge < -0.3 is 5.32 Å². The van der Waals surface area contributed by atoms with Crippen molar-refractivity contribution in [2.24, 2.45) is 0 Å². The molecular weight excluding hydrogens is 267 g/mol. The van der Waals surface area contributed by atoms with Crippen LogP contribution in [0.5, 0.6) is 0 Å². The number of nitrogens with one attached hydrogen (secondary N) is 1. The van der Waals surface area contributed by atoms with E-state index >= 15 is 0 Å². The second-order valence-electron chi connectivity index (χ2n) is 4.50. The molecule has 0 aliphatic carbocycles. The molecule has 0 aromatic heterocycles. The van der Waals surface area contributed by atoms with Crippen molar-refractivity contribution >= 4 is 10.0 Å². The monoisotopic (exact) mass is 286 g/mol. The first-order chi connectivity index (χ1) is 8.78. The molecular formula is C13H19FN2O2S. The molecule has 0 radical (unpaired) electrons. The number of hydrogen-bond donors (Lipinski definition) is 1. The molecule has 1 N–H and O–H groups in total. The van der Waals surface area contributed by atoms with Gasteiger partial charge >= 0.3 is 0 Å². The lowest BCUT2D eigenvalue weighted by Gasteiger charge is -2.17. The van der Waals surface area contributed by atoms with Crippen LogP contribution in [0.25, 0.3) is 0 Å². The molecule has 0 spiro atoms. The summed E-state index contributed by atoms with van der Waals surface area (Å²) < 4.78 is 39.2. The van der Waals surface area contributed by atoms with Crippen molar-refractivity contribution in [3.63, 3.8) is 0 Å². The lowest BCUT2D eigenvalue weighted by atomic mass is 10.2. The highest BCUT2D eigenvalue weighted by Crippen LogP contribution is 2.19. The van der Waals surface area contributed by atoms with Crippen LogP contribution >= 0.6 is 0 Å². The van der Waals surface area contributed by atoms with E-state index in [2.05, 4.69) is 11.9 Å². The maximum atomic E-state index is 13.5. The van der Waals surface area contributed by atoms with Gasteiger partial charge in [0.25, 0.3) is 0 Å². The summed E-state index contributed by atoms with van der Waals surface area (Å²) in [4.78, 5) is 0.0860. The summed E-state index contributed by atoms with van der Waals surface area (Å²) in [5.74, 6) is -0.421. The van der Waals surface area contributed by atoms with Gasteiger partial charge in [-0.1, -0.05) is 12.2 Å². The van der Waals surface area contributed by atoms with Gasteiger partial charge in [0.15, 0.2) is 0 Å². The Morgan fingerprint density at radius 3 is 2.63 bits per heavy atom. The summed E-state index contributed by atoms with van der Waals surface area (Å²) in [5, 5.41) is 2.80. The molecule has 0 heterocycles. The second kappa shape index (κ2) is 6.27. The fraction of sp³-hybridized carbons (Fsp3) is 0.385. The minimum Gasteiger partial charge on any atom is -0.316 e. The molecule has 0 fully saturated rings. The number of nitrogens with zero attached hydrogens (tertiary/aromatic N) is 1. The quantitative estimate of drug-likeness (QED) is 0.810. The summed E-state index contributed by atoms with van der Waals surface area (Å²) in [6.45, 7) is 5.95. The first-order valence-electron chi connectivity index (χ1n) is 5.82. The molecule has 0 aliphatic heterocycles. The topological polar surface area (TPSA) is 49.4 Å². The van der Waals surface area contributed by atoms with Gasteiger partial charge in [0.1, 0.15) is 5.82 Å². The summed E-state index contributed by atoms with van der Waals surface area (Å²) in [5.41, 5.74) is 1.07. The van der Waals surface area contributed by atoms with E-state index in [0.717, 1.165) is 5.57 Å². The van der Waals surface area contributed by atoms with Gasteiger partial charge in [0.05, 0.1) is 4.90 Å². The zero-order valence-corrected chi connectivity index (χ0v) is 12.2. The summed E-state index contributed by atoms with van der Waals surface area (Å²) in [6.07, 6.45) is 0. The molecule has 0 saturated carbocycles. The van der Waals surface area contributed by atoms with Gasteiger partial charge in [0, 0.05) is 25.7 Å². The van der Waals surface area contributed by atoms with E-state index in [1.807, 2.05) is 0 Å². The Morgan fingerprint density at radius 2 is 2.11 bits per heavy atom. The normalized spacial score (nSPS) is 11.8. The number of likely N-dealkylation sites (N-methyl/N-ethyl adjacent to an activating group) is 1. The SMILES string of the molecule is C=C(C)CN(C)S(=O)(=O)c1ccc(F)c(CNC)c1. The van der Waals surface area contributed by atoms with Crippen molar-refractivity contribution in [1.82, 2.24) is 9.62 Å². The van der Waals surface area contributed by atoms with Crippen molar-refractivity contribution in [3.05, 3.63) is 41.7 Å². The highest BCUT2D eigenvalue weighted by molar-refractivity contribution is 7.89. The summed E-state index contributed by atoms with van der Waals surface area (Å²) >= 11 is 0. The van der Waals surface area contributed by atoms with Gasteiger partial charge in [-0.15, -0.1) is 0 Å². The third kappa shape index (κ3) is 3.86. The van der Waals surface area contributed by atoms with Crippen LogP contribution in [0.2, 0.25) is 0 Å². The molecule has 0 amide bonds. The molecule has 0 unspecified atom stereocenters. The van der Waals surface area contributed by atoms with Crippen LogP contribution < -0.4 is 5.32 Å². The zero-order valence-electron chi connectivity index (χ0n) is 11.4. The minimum absolute atomic E-state index is 0.0860. The van der Waals surface area contributed by atoms with E-state index in [-0.39, 0.29) is 18.0 Å². The smallest absolute Gasteiger partial charge is 0.243 e. The number of halogens is 1. The number of sulfonamides is 1. The van der Waals surface area contributed by atoms with Crippen LogP contribution in [0.3, 0.4) is 0 Å². The minimum atomic E-state index is -3.61. The molecule has 0 aliphatic rings. The van der Waals surface area contributed by atoms with Crippen LogP contribution in [0, 0.1) is 5.82 Å². The Hall–Kier alpha value is -1.24. The fourth-order valence-corrected chi connectivity index (χ4v) is 2.96. The Bertz CT molecular complexity index is 570. The fourth-order valence-electron chi connectivity index (χ4n) is 1.68. The standard InChI is InChI=1S/C13H19FN2O2S/c1-10(2)9-16(4)19(17,18)12-5-6-13(14)11(7-12)8-15-3/h5-7,15H,1,8-9H2,2-4H3. The van der Waals surface area contributed by atoms with Crippen molar-refractivity contribution in [3.8, 4) is 0 Å². The Labute approximate surface area is 114 Å². The van der Waals surface area contributed by atoms with Gasteiger partial charge in [0.2, 0.25) is 10.0 Å². The average Bonchev–Trinajstić information content (AvgIpc) is 2.31. The van der Waals surface area contributed by atoms with Gasteiger partial charge in [-0.2, -0.15) is 4.31 Å². The van der Waals surface area contributed by atoms with Crippen molar-refractivity contribution in [1.29, 1.82) is 0 Å². The number of rotatable bonds is 6. The molecule has 6 heteroatoms. The van der Waals surface area contributed by atoms with Crippen LogP contribution in [0.1, 0.15) is 12.5 Å². The Morgan fingerprint density at radius 1 is 1.47 bits per heavy atom. The van der Waals surface area contributed by atoms with E-state index in [1.165, 1.54) is 29.6 Å². The van der Waals surface area contributed by atoms with Crippen LogP contribution in [-0.4, -0.2) is 33.4 Å². The summed E-state index contributed by atoms with van der Waals surface area (Å²) in [7, 11) is -0.462. The predicted molar refractivity (Wildman–Crippen MR) is 73.8 cm³/mol. The maximum absolute atomic E-state index is 13.5. The van der Waals surface area contributed by atoms with E-state index in [1.54, 1.807) is 14.0 Å². The molecule has 1 aromatic carbocycles. The second-order valence-corrected chi connectivity index (χ2v) is 6.55. The zero-order chi connectivity index (χ0) is 14.6. The Kier molecular flexibility index (Phi) is 5.22. The van der Waals surface area contributed by atoms with E-state index in [9.17, 15) is 12.8 Å². The third-order valence-electron chi connectivity index (χ3n) is 2.59. The van der Waals surface area contributed by atoms with Crippen LogP contribution in [0.15, 0.2) is 35.2 Å². The lowest BCUT2D eigenvalue weighted by molar-refractivity contribution is 0.492. The molecule has 4 nitrogen and oxygen atoms in total. The largest absolute Gasteiger partial charge is 0.316 e. The molecule has 1 rings (SSSR count). The molecule has 1 aromatic rings. The van der Waals surface area contributed by atoms with Crippen molar-refractivity contribution in [2.75, 3.05) is 20.6 Å². The van der Waals surface area contributed by atoms with E-state index in [0.29, 0.717) is 5.56 Å². The van der Waals surface area contributed by atoms with Crippen molar-refractivity contribution in [2.45, 2.75) is 18.4 Å². The molecule has 0 atom stereocenters. The first-order valence-corrected chi connectivity index (χ1v) is 7.26. The number of hydrogen-bond acceptors (Lipinski definition) is 3. The molecule has 0 bridgehead atoms. The van der Waals surface area contributed by atoms with E-state index in [4.69, 9.17) is 0 Å². The van der Waals surface area contributed by atoms with Gasteiger partial charge in [-0.3, -0.25) is 0 Å². The highest BCUT2D eigenvalue weighted by atomic mass is 32.2. The third-order valence-corrected chi connectivity index (χ3v) is 4.38.